The molecule has 0 aromatic heterocycles. The quantitative estimate of drug-likeness (QED) is 0.639. The summed E-state index contributed by atoms with van der Waals surface area (Å²) in [6, 6.07) is 13.8. The van der Waals surface area contributed by atoms with Gasteiger partial charge in [0.05, 0.1) is 6.42 Å². The van der Waals surface area contributed by atoms with Gasteiger partial charge in [0.15, 0.2) is 6.10 Å². The number of carbonyl (C=O) groups is 3. The van der Waals surface area contributed by atoms with Crippen molar-refractivity contribution in [3.8, 4) is 0 Å². The molecule has 7 heteroatoms. The number of hydrogen-bond acceptors (Lipinski definition) is 4. The van der Waals surface area contributed by atoms with Crippen LogP contribution in [0, 0.1) is 5.82 Å². The highest BCUT2D eigenvalue weighted by Crippen LogP contribution is 2.06. The first-order valence-corrected chi connectivity index (χ1v) is 7.55. The summed E-state index contributed by atoms with van der Waals surface area (Å²) in [6.45, 7) is 1.37. The van der Waals surface area contributed by atoms with Crippen LogP contribution in [0.4, 0.5) is 4.39 Å². The van der Waals surface area contributed by atoms with Crippen LogP contribution in [0.2, 0.25) is 0 Å². The fraction of sp³-hybridized carbons (Fsp3) is 0.167. The summed E-state index contributed by atoms with van der Waals surface area (Å²) < 4.78 is 18.0. The van der Waals surface area contributed by atoms with E-state index >= 15 is 0 Å². The third kappa shape index (κ3) is 5.72. The van der Waals surface area contributed by atoms with Crippen molar-refractivity contribution in [3.63, 3.8) is 0 Å². The Morgan fingerprint density at radius 2 is 1.76 bits per heavy atom. The molecule has 2 amide bonds. The highest BCUT2D eigenvalue weighted by Gasteiger charge is 2.18. The van der Waals surface area contributed by atoms with Crippen LogP contribution in [-0.4, -0.2) is 23.9 Å². The topological polar surface area (TPSA) is 84.5 Å². The van der Waals surface area contributed by atoms with Crippen LogP contribution in [0.5, 0.6) is 0 Å². The first-order valence-electron chi connectivity index (χ1n) is 7.55. The number of esters is 1. The van der Waals surface area contributed by atoms with Gasteiger partial charge < -0.3 is 4.74 Å². The minimum Gasteiger partial charge on any atom is -0.452 e. The van der Waals surface area contributed by atoms with E-state index in [9.17, 15) is 18.8 Å². The van der Waals surface area contributed by atoms with Crippen molar-refractivity contribution >= 4 is 17.8 Å². The molecular weight excluding hydrogens is 327 g/mol. The van der Waals surface area contributed by atoms with Crippen LogP contribution in [0.3, 0.4) is 0 Å². The molecule has 0 heterocycles. The molecule has 0 aliphatic heterocycles. The first-order chi connectivity index (χ1) is 12.0. The van der Waals surface area contributed by atoms with Crippen molar-refractivity contribution in [1.29, 1.82) is 0 Å². The summed E-state index contributed by atoms with van der Waals surface area (Å²) in [7, 11) is 0. The van der Waals surface area contributed by atoms with Gasteiger partial charge in [-0.25, -0.2) is 4.39 Å². The van der Waals surface area contributed by atoms with Crippen LogP contribution < -0.4 is 10.9 Å². The molecular formula is C18H17FN2O4. The Balaban J connectivity index is 1.79. The van der Waals surface area contributed by atoms with E-state index in [0.717, 1.165) is 0 Å². The number of amides is 2. The van der Waals surface area contributed by atoms with E-state index < -0.39 is 29.7 Å². The van der Waals surface area contributed by atoms with Gasteiger partial charge in [-0.05, 0) is 36.8 Å². The molecule has 2 aromatic rings. The van der Waals surface area contributed by atoms with Crippen LogP contribution in [0.15, 0.2) is 54.6 Å². The highest BCUT2D eigenvalue weighted by atomic mass is 19.1. The van der Waals surface area contributed by atoms with E-state index in [1.54, 1.807) is 36.4 Å². The Hall–Kier alpha value is -3.22. The van der Waals surface area contributed by atoms with Crippen molar-refractivity contribution in [2.24, 2.45) is 0 Å². The molecule has 0 aliphatic carbocycles. The lowest BCUT2D eigenvalue weighted by atomic mass is 10.1. The van der Waals surface area contributed by atoms with E-state index in [0.29, 0.717) is 11.1 Å². The Kier molecular flexibility index (Phi) is 6.22. The van der Waals surface area contributed by atoms with Gasteiger partial charge in [-0.15, -0.1) is 0 Å². The third-order valence-electron chi connectivity index (χ3n) is 3.25. The van der Waals surface area contributed by atoms with Crippen molar-refractivity contribution in [2.75, 3.05) is 0 Å². The SMILES string of the molecule is C[C@H](OC(=O)Cc1cccc(F)c1)C(=O)NNC(=O)c1ccccc1. The average Bonchev–Trinajstić information content (AvgIpc) is 2.59. The molecule has 25 heavy (non-hydrogen) atoms. The van der Waals surface area contributed by atoms with Crippen molar-refractivity contribution < 1.29 is 23.5 Å². The Labute approximate surface area is 144 Å². The third-order valence-corrected chi connectivity index (χ3v) is 3.25. The number of hydrogen-bond donors (Lipinski definition) is 2. The van der Waals surface area contributed by atoms with Gasteiger partial charge in [0.1, 0.15) is 5.82 Å². The highest BCUT2D eigenvalue weighted by molar-refractivity contribution is 5.95. The summed E-state index contributed by atoms with van der Waals surface area (Å²) in [6.07, 6.45) is -1.27. The zero-order valence-corrected chi connectivity index (χ0v) is 13.5. The largest absolute Gasteiger partial charge is 0.452 e. The smallest absolute Gasteiger partial charge is 0.311 e. The van der Waals surface area contributed by atoms with E-state index in [1.807, 2.05) is 0 Å². The van der Waals surface area contributed by atoms with E-state index in [2.05, 4.69) is 10.9 Å². The predicted octanol–water partition coefficient (Wildman–Crippen LogP) is 1.76. The molecule has 2 N–H and O–H groups in total. The lowest BCUT2D eigenvalue weighted by Crippen LogP contribution is -2.46. The molecule has 0 saturated carbocycles. The van der Waals surface area contributed by atoms with Crippen molar-refractivity contribution in [2.45, 2.75) is 19.4 Å². The molecule has 0 radical (unpaired) electrons. The van der Waals surface area contributed by atoms with Gasteiger partial charge in [-0.3, -0.25) is 25.2 Å². The van der Waals surface area contributed by atoms with Gasteiger partial charge in [0.2, 0.25) is 0 Å². The minimum atomic E-state index is -1.11. The summed E-state index contributed by atoms with van der Waals surface area (Å²) in [5.41, 5.74) is 5.23. The van der Waals surface area contributed by atoms with Crippen LogP contribution in [0.1, 0.15) is 22.8 Å². The average molecular weight is 344 g/mol. The molecule has 0 bridgehead atoms. The number of hydrazine groups is 1. The number of carbonyl (C=O) groups excluding carboxylic acids is 3. The molecule has 0 saturated heterocycles. The fourth-order valence-electron chi connectivity index (χ4n) is 1.99. The summed E-state index contributed by atoms with van der Waals surface area (Å²) >= 11 is 0. The molecule has 2 aromatic carbocycles. The van der Waals surface area contributed by atoms with E-state index in [-0.39, 0.29) is 6.42 Å². The molecule has 1 atom stereocenters. The van der Waals surface area contributed by atoms with Gasteiger partial charge in [0.25, 0.3) is 11.8 Å². The maximum Gasteiger partial charge on any atom is 0.311 e. The van der Waals surface area contributed by atoms with Crippen LogP contribution in [0.25, 0.3) is 0 Å². The molecule has 0 unspecified atom stereocenters. The second kappa shape index (κ2) is 8.58. The van der Waals surface area contributed by atoms with Crippen LogP contribution >= 0.6 is 0 Å². The number of rotatable bonds is 5. The Morgan fingerprint density at radius 3 is 2.44 bits per heavy atom. The fourth-order valence-corrected chi connectivity index (χ4v) is 1.99. The molecule has 6 nitrogen and oxygen atoms in total. The summed E-state index contributed by atoms with van der Waals surface area (Å²) in [5.74, 6) is -2.31. The normalized spacial score (nSPS) is 11.3. The second-order valence-corrected chi connectivity index (χ2v) is 5.25. The minimum absolute atomic E-state index is 0.161. The standard InChI is InChI=1S/C18H17FN2O4/c1-12(25-16(22)11-13-6-5-9-15(19)10-13)17(23)20-21-18(24)14-7-3-2-4-8-14/h2-10,12H,11H2,1H3,(H,20,23)(H,21,24)/t12-/m0/s1. The Morgan fingerprint density at radius 1 is 1.04 bits per heavy atom. The van der Waals surface area contributed by atoms with Gasteiger partial charge >= 0.3 is 5.97 Å². The van der Waals surface area contributed by atoms with Gasteiger partial charge in [0, 0.05) is 5.56 Å². The van der Waals surface area contributed by atoms with E-state index in [4.69, 9.17) is 4.74 Å². The molecule has 130 valence electrons. The summed E-state index contributed by atoms with van der Waals surface area (Å²) in [5, 5.41) is 0. The van der Waals surface area contributed by atoms with Gasteiger partial charge in [-0.1, -0.05) is 30.3 Å². The second-order valence-electron chi connectivity index (χ2n) is 5.25. The van der Waals surface area contributed by atoms with Gasteiger partial charge in [-0.2, -0.15) is 0 Å². The lowest BCUT2D eigenvalue weighted by Gasteiger charge is -2.14. The zero-order valence-electron chi connectivity index (χ0n) is 13.5. The number of halogens is 1. The van der Waals surface area contributed by atoms with Crippen molar-refractivity contribution in [1.82, 2.24) is 10.9 Å². The first kappa shape index (κ1) is 18.1. The number of benzene rings is 2. The molecule has 0 aliphatic rings. The summed E-state index contributed by atoms with van der Waals surface area (Å²) in [4.78, 5) is 35.4. The predicted molar refractivity (Wildman–Crippen MR) is 87.7 cm³/mol. The zero-order chi connectivity index (χ0) is 18.2. The Bertz CT molecular complexity index is 765. The van der Waals surface area contributed by atoms with E-state index in [1.165, 1.54) is 25.1 Å². The lowest BCUT2D eigenvalue weighted by molar-refractivity contribution is -0.154. The van der Waals surface area contributed by atoms with Crippen molar-refractivity contribution in [3.05, 3.63) is 71.5 Å². The molecule has 2 rings (SSSR count). The maximum absolute atomic E-state index is 13.1. The monoisotopic (exact) mass is 344 g/mol. The maximum atomic E-state index is 13.1. The van der Waals surface area contributed by atoms with Crippen LogP contribution in [-0.2, 0) is 20.7 Å². The number of nitrogens with one attached hydrogen (secondary N) is 2. The molecule has 0 fully saturated rings. The number of ether oxygens (including phenoxy) is 1. The molecule has 0 spiro atoms.